The molecular weight excluding hydrogens is 256 g/mol. The Bertz CT molecular complexity index is 395. The molecule has 2 rings (SSSR count). The van der Waals surface area contributed by atoms with E-state index in [1.165, 1.54) is 44.5 Å². The molecule has 1 unspecified atom stereocenters. The van der Waals surface area contributed by atoms with Crippen LogP contribution in [0.1, 0.15) is 45.6 Å². The summed E-state index contributed by atoms with van der Waals surface area (Å²) >= 11 is 0. The van der Waals surface area contributed by atoms with E-state index in [1.807, 2.05) is 0 Å². The van der Waals surface area contributed by atoms with Gasteiger partial charge in [0, 0.05) is 18.5 Å². The fourth-order valence-electron chi connectivity index (χ4n) is 3.34. The second-order valence-corrected chi connectivity index (χ2v) is 7.06. The van der Waals surface area contributed by atoms with Crippen LogP contribution in [0, 0.1) is 5.92 Å². The first-order chi connectivity index (χ1) is 10.1. The summed E-state index contributed by atoms with van der Waals surface area (Å²) in [6.45, 7) is 12.9. The Morgan fingerprint density at radius 1 is 1.19 bits per heavy atom. The smallest absolute Gasteiger partial charge is 0.0177 e. The van der Waals surface area contributed by atoms with Gasteiger partial charge in [0.1, 0.15) is 0 Å². The molecule has 1 aromatic rings. The normalized spacial score (nSPS) is 20.3. The van der Waals surface area contributed by atoms with Gasteiger partial charge in [-0.15, -0.1) is 0 Å². The molecule has 1 fully saturated rings. The standard InChI is InChI=1S/C19H32N2/c1-4-12-20-15-19(3,18-8-6-5-7-9-18)16-21-13-10-17(2)11-14-21/h5-9,17,20H,4,10-16H2,1-3H3. The van der Waals surface area contributed by atoms with E-state index in [-0.39, 0.29) is 5.41 Å². The maximum absolute atomic E-state index is 3.65. The largest absolute Gasteiger partial charge is 0.316 e. The Balaban J connectivity index is 2.04. The number of nitrogens with zero attached hydrogens (tertiary/aromatic N) is 1. The van der Waals surface area contributed by atoms with E-state index in [4.69, 9.17) is 0 Å². The molecule has 1 N–H and O–H groups in total. The van der Waals surface area contributed by atoms with E-state index in [9.17, 15) is 0 Å². The van der Waals surface area contributed by atoms with Gasteiger partial charge in [-0.2, -0.15) is 0 Å². The highest BCUT2D eigenvalue weighted by Gasteiger charge is 2.30. The summed E-state index contributed by atoms with van der Waals surface area (Å²) in [5.41, 5.74) is 1.67. The molecule has 0 radical (unpaired) electrons. The minimum absolute atomic E-state index is 0.205. The van der Waals surface area contributed by atoms with Crippen molar-refractivity contribution >= 4 is 0 Å². The number of benzene rings is 1. The van der Waals surface area contributed by atoms with Gasteiger partial charge in [0.15, 0.2) is 0 Å². The van der Waals surface area contributed by atoms with E-state index < -0.39 is 0 Å². The summed E-state index contributed by atoms with van der Waals surface area (Å²) < 4.78 is 0. The summed E-state index contributed by atoms with van der Waals surface area (Å²) in [7, 11) is 0. The first kappa shape index (κ1) is 16.5. The van der Waals surface area contributed by atoms with E-state index >= 15 is 0 Å². The summed E-state index contributed by atoms with van der Waals surface area (Å²) in [5, 5.41) is 3.65. The third kappa shape index (κ3) is 4.82. The monoisotopic (exact) mass is 288 g/mol. The van der Waals surface area contributed by atoms with E-state index in [2.05, 4.69) is 61.3 Å². The predicted molar refractivity (Wildman–Crippen MR) is 91.8 cm³/mol. The van der Waals surface area contributed by atoms with Crippen LogP contribution in [0.4, 0.5) is 0 Å². The van der Waals surface area contributed by atoms with Crippen LogP contribution in [0.25, 0.3) is 0 Å². The maximum atomic E-state index is 3.65. The van der Waals surface area contributed by atoms with Crippen LogP contribution < -0.4 is 5.32 Å². The van der Waals surface area contributed by atoms with Gasteiger partial charge in [-0.1, -0.05) is 51.1 Å². The van der Waals surface area contributed by atoms with Crippen molar-refractivity contribution in [2.24, 2.45) is 5.92 Å². The van der Waals surface area contributed by atoms with Crippen LogP contribution in [-0.4, -0.2) is 37.6 Å². The van der Waals surface area contributed by atoms with Crippen molar-refractivity contribution in [3.8, 4) is 0 Å². The Morgan fingerprint density at radius 3 is 2.48 bits per heavy atom. The summed E-state index contributed by atoms with van der Waals surface area (Å²) in [5.74, 6) is 0.905. The molecule has 0 aromatic heterocycles. The third-order valence-electron chi connectivity index (χ3n) is 4.86. The molecule has 0 spiro atoms. The zero-order valence-corrected chi connectivity index (χ0v) is 14.1. The molecule has 1 atom stereocenters. The molecule has 1 saturated heterocycles. The Labute approximate surface area is 130 Å². The molecule has 21 heavy (non-hydrogen) atoms. The molecule has 0 aliphatic carbocycles. The second kappa shape index (κ2) is 7.95. The summed E-state index contributed by atoms with van der Waals surface area (Å²) in [4.78, 5) is 2.67. The number of rotatable bonds is 7. The van der Waals surface area contributed by atoms with Gasteiger partial charge in [-0.25, -0.2) is 0 Å². The van der Waals surface area contributed by atoms with Crippen LogP contribution in [-0.2, 0) is 5.41 Å². The van der Waals surface area contributed by atoms with Crippen LogP contribution in [0.5, 0.6) is 0 Å². The van der Waals surface area contributed by atoms with Gasteiger partial charge in [0.2, 0.25) is 0 Å². The molecule has 0 bridgehead atoms. The van der Waals surface area contributed by atoms with Crippen molar-refractivity contribution < 1.29 is 0 Å². The number of likely N-dealkylation sites (tertiary alicyclic amines) is 1. The SMILES string of the molecule is CCCNCC(C)(CN1CCC(C)CC1)c1ccccc1. The van der Waals surface area contributed by atoms with Crippen molar-refractivity contribution in [3.05, 3.63) is 35.9 Å². The van der Waals surface area contributed by atoms with E-state index in [0.29, 0.717) is 0 Å². The lowest BCUT2D eigenvalue weighted by atomic mass is 9.81. The molecule has 0 saturated carbocycles. The molecule has 1 aromatic carbocycles. The van der Waals surface area contributed by atoms with Gasteiger partial charge < -0.3 is 10.2 Å². The molecule has 118 valence electrons. The maximum Gasteiger partial charge on any atom is 0.0177 e. The number of piperidine rings is 1. The van der Waals surface area contributed by atoms with Crippen molar-refractivity contribution in [2.75, 3.05) is 32.7 Å². The number of hydrogen-bond acceptors (Lipinski definition) is 2. The van der Waals surface area contributed by atoms with Gasteiger partial charge in [0.05, 0.1) is 0 Å². The summed E-state index contributed by atoms with van der Waals surface area (Å²) in [6.07, 6.45) is 3.91. The minimum Gasteiger partial charge on any atom is -0.316 e. The van der Waals surface area contributed by atoms with Crippen molar-refractivity contribution in [1.82, 2.24) is 10.2 Å². The van der Waals surface area contributed by atoms with Crippen molar-refractivity contribution in [1.29, 1.82) is 0 Å². The predicted octanol–water partition coefficient (Wildman–Crippen LogP) is 3.68. The second-order valence-electron chi connectivity index (χ2n) is 7.06. The summed E-state index contributed by atoms with van der Waals surface area (Å²) in [6, 6.07) is 11.0. The first-order valence-corrected chi connectivity index (χ1v) is 8.62. The highest BCUT2D eigenvalue weighted by atomic mass is 15.1. The third-order valence-corrected chi connectivity index (χ3v) is 4.86. The van der Waals surface area contributed by atoms with Crippen LogP contribution >= 0.6 is 0 Å². The van der Waals surface area contributed by atoms with Gasteiger partial charge in [0.25, 0.3) is 0 Å². The Hall–Kier alpha value is -0.860. The molecule has 1 heterocycles. The van der Waals surface area contributed by atoms with E-state index in [1.54, 1.807) is 0 Å². The zero-order chi connectivity index (χ0) is 15.1. The highest BCUT2D eigenvalue weighted by molar-refractivity contribution is 5.25. The Morgan fingerprint density at radius 2 is 1.86 bits per heavy atom. The lowest BCUT2D eigenvalue weighted by Gasteiger charge is -2.39. The van der Waals surface area contributed by atoms with Crippen molar-refractivity contribution in [2.45, 2.75) is 45.4 Å². The molecular formula is C19H32N2. The zero-order valence-electron chi connectivity index (χ0n) is 14.1. The topological polar surface area (TPSA) is 15.3 Å². The van der Waals surface area contributed by atoms with Crippen LogP contribution in [0.2, 0.25) is 0 Å². The van der Waals surface area contributed by atoms with Crippen LogP contribution in [0.15, 0.2) is 30.3 Å². The molecule has 1 aliphatic rings. The van der Waals surface area contributed by atoms with Crippen molar-refractivity contribution in [3.63, 3.8) is 0 Å². The molecule has 2 nitrogen and oxygen atoms in total. The fraction of sp³-hybridized carbons (Fsp3) is 0.684. The average molecular weight is 288 g/mol. The number of hydrogen-bond donors (Lipinski definition) is 1. The van der Waals surface area contributed by atoms with Gasteiger partial charge >= 0.3 is 0 Å². The van der Waals surface area contributed by atoms with Gasteiger partial charge in [-0.05, 0) is 50.4 Å². The number of nitrogens with one attached hydrogen (secondary N) is 1. The first-order valence-electron chi connectivity index (χ1n) is 8.62. The molecule has 0 amide bonds. The average Bonchev–Trinajstić information content (AvgIpc) is 2.51. The molecule has 2 heteroatoms. The molecule has 1 aliphatic heterocycles. The quantitative estimate of drug-likeness (QED) is 0.770. The van der Waals surface area contributed by atoms with E-state index in [0.717, 1.165) is 19.0 Å². The minimum atomic E-state index is 0.205. The Kier molecular flexibility index (Phi) is 6.25. The van der Waals surface area contributed by atoms with Gasteiger partial charge in [-0.3, -0.25) is 0 Å². The lowest BCUT2D eigenvalue weighted by molar-refractivity contribution is 0.155. The van der Waals surface area contributed by atoms with Crippen LogP contribution in [0.3, 0.4) is 0 Å². The highest BCUT2D eigenvalue weighted by Crippen LogP contribution is 2.27. The fourth-order valence-corrected chi connectivity index (χ4v) is 3.34. The lowest BCUT2D eigenvalue weighted by Crippen LogP contribution is -2.47.